The summed E-state index contributed by atoms with van der Waals surface area (Å²) < 4.78 is 0. The minimum Gasteiger partial charge on any atom is -0.479 e. The predicted octanol–water partition coefficient (Wildman–Crippen LogP) is 1.46. The number of nitrogens with one attached hydrogen (secondary N) is 2. The minimum atomic E-state index is -2.06. The van der Waals surface area contributed by atoms with Crippen LogP contribution in [-0.4, -0.2) is 58.3 Å². The van der Waals surface area contributed by atoms with E-state index in [2.05, 4.69) is 23.8 Å². The first kappa shape index (κ1) is 20.9. The van der Waals surface area contributed by atoms with Gasteiger partial charge in [-0.15, -0.1) is 13.2 Å². The van der Waals surface area contributed by atoms with Crippen molar-refractivity contribution in [3.05, 3.63) is 55.1 Å². The Kier molecular flexibility index (Phi) is 7.54. The Labute approximate surface area is 151 Å². The fourth-order valence-electron chi connectivity index (χ4n) is 1.93. The molecule has 26 heavy (non-hydrogen) atoms. The number of nitrogens with zero attached hydrogens (tertiary/aromatic N) is 1. The molecule has 0 aliphatic rings. The maximum Gasteiger partial charge on any atom is 0.337 e. The second-order valence-corrected chi connectivity index (χ2v) is 5.75. The molecule has 0 saturated heterocycles. The van der Waals surface area contributed by atoms with E-state index in [1.54, 1.807) is 41.3 Å². The molecule has 0 bridgehead atoms. The van der Waals surface area contributed by atoms with Gasteiger partial charge in [-0.05, 0) is 31.2 Å². The number of benzene rings is 1. The van der Waals surface area contributed by atoms with Crippen molar-refractivity contribution in [2.24, 2.45) is 0 Å². The number of anilines is 1. The van der Waals surface area contributed by atoms with Crippen molar-refractivity contribution in [3.63, 3.8) is 0 Å². The monoisotopic (exact) mass is 361 g/mol. The molecule has 0 aliphatic heterocycles. The molecule has 0 aliphatic carbocycles. The van der Waals surface area contributed by atoms with Gasteiger partial charge >= 0.3 is 12.0 Å². The fraction of sp³-hybridized carbons (Fsp3) is 0.278. The van der Waals surface area contributed by atoms with E-state index in [4.69, 9.17) is 5.11 Å². The average molecular weight is 361 g/mol. The Morgan fingerprint density at radius 2 is 1.69 bits per heavy atom. The predicted molar refractivity (Wildman–Crippen MR) is 98.0 cm³/mol. The van der Waals surface area contributed by atoms with Crippen LogP contribution in [0.4, 0.5) is 10.5 Å². The zero-order valence-electron chi connectivity index (χ0n) is 14.6. The Balaban J connectivity index is 2.68. The van der Waals surface area contributed by atoms with Crippen molar-refractivity contribution in [1.29, 1.82) is 0 Å². The quantitative estimate of drug-likeness (QED) is 0.497. The van der Waals surface area contributed by atoms with Crippen LogP contribution in [0.3, 0.4) is 0 Å². The lowest BCUT2D eigenvalue weighted by Gasteiger charge is -2.20. The highest BCUT2D eigenvalue weighted by atomic mass is 16.4. The minimum absolute atomic E-state index is 0.196. The third kappa shape index (κ3) is 6.06. The molecule has 0 saturated carbocycles. The van der Waals surface area contributed by atoms with Crippen LogP contribution < -0.4 is 10.6 Å². The van der Waals surface area contributed by atoms with E-state index in [0.717, 1.165) is 6.92 Å². The van der Waals surface area contributed by atoms with Crippen LogP contribution in [0, 0.1) is 0 Å². The van der Waals surface area contributed by atoms with Gasteiger partial charge in [-0.3, -0.25) is 4.79 Å². The van der Waals surface area contributed by atoms with E-state index >= 15 is 0 Å². The molecule has 0 fully saturated rings. The fourth-order valence-corrected chi connectivity index (χ4v) is 1.93. The number of aliphatic carboxylic acids is 1. The molecular weight excluding hydrogens is 338 g/mol. The molecule has 8 heteroatoms. The zero-order valence-corrected chi connectivity index (χ0v) is 14.6. The van der Waals surface area contributed by atoms with Crippen molar-refractivity contribution in [3.8, 4) is 0 Å². The van der Waals surface area contributed by atoms with Gasteiger partial charge in [0.25, 0.3) is 5.91 Å². The van der Waals surface area contributed by atoms with E-state index in [0.29, 0.717) is 24.3 Å². The molecule has 1 aromatic rings. The van der Waals surface area contributed by atoms with Gasteiger partial charge in [0.1, 0.15) is 0 Å². The smallest absolute Gasteiger partial charge is 0.337 e. The number of amides is 3. The number of aliphatic hydroxyl groups is 1. The van der Waals surface area contributed by atoms with Crippen LogP contribution in [0.5, 0.6) is 0 Å². The Morgan fingerprint density at radius 1 is 1.15 bits per heavy atom. The maximum atomic E-state index is 12.4. The van der Waals surface area contributed by atoms with Crippen LogP contribution in [0.2, 0.25) is 0 Å². The summed E-state index contributed by atoms with van der Waals surface area (Å²) in [6.07, 6.45) is 3.24. The first-order chi connectivity index (χ1) is 12.2. The average Bonchev–Trinajstić information content (AvgIpc) is 2.60. The number of hydrogen-bond acceptors (Lipinski definition) is 4. The third-order valence-corrected chi connectivity index (χ3v) is 3.43. The van der Waals surface area contributed by atoms with Gasteiger partial charge < -0.3 is 25.7 Å². The van der Waals surface area contributed by atoms with Crippen LogP contribution in [-0.2, 0) is 4.79 Å². The Morgan fingerprint density at radius 3 is 2.15 bits per heavy atom. The van der Waals surface area contributed by atoms with Crippen LogP contribution >= 0.6 is 0 Å². The van der Waals surface area contributed by atoms with E-state index < -0.39 is 24.1 Å². The molecule has 8 nitrogen and oxygen atoms in total. The van der Waals surface area contributed by atoms with Gasteiger partial charge in [-0.2, -0.15) is 0 Å². The van der Waals surface area contributed by atoms with Gasteiger partial charge in [0.2, 0.25) is 0 Å². The van der Waals surface area contributed by atoms with Crippen molar-refractivity contribution in [2.45, 2.75) is 12.5 Å². The van der Waals surface area contributed by atoms with Gasteiger partial charge in [-0.1, -0.05) is 12.2 Å². The van der Waals surface area contributed by atoms with Crippen molar-refractivity contribution in [1.82, 2.24) is 10.2 Å². The zero-order chi connectivity index (χ0) is 19.7. The lowest BCUT2D eigenvalue weighted by Crippen LogP contribution is -2.47. The van der Waals surface area contributed by atoms with Crippen LogP contribution in [0.25, 0.3) is 0 Å². The lowest BCUT2D eigenvalue weighted by molar-refractivity contribution is -0.155. The normalized spacial score (nSPS) is 12.4. The highest BCUT2D eigenvalue weighted by Gasteiger charge is 2.30. The largest absolute Gasteiger partial charge is 0.479 e. The van der Waals surface area contributed by atoms with Crippen LogP contribution in [0.15, 0.2) is 49.6 Å². The molecule has 0 aromatic heterocycles. The topological polar surface area (TPSA) is 119 Å². The van der Waals surface area contributed by atoms with Gasteiger partial charge in [0.15, 0.2) is 5.60 Å². The van der Waals surface area contributed by atoms with Gasteiger partial charge in [-0.25, -0.2) is 9.59 Å². The second-order valence-electron chi connectivity index (χ2n) is 5.75. The molecule has 1 aromatic carbocycles. The number of carbonyl (C=O) groups excluding carboxylic acids is 2. The molecule has 1 unspecified atom stereocenters. The van der Waals surface area contributed by atoms with Gasteiger partial charge in [0.05, 0.1) is 6.54 Å². The van der Waals surface area contributed by atoms with E-state index in [-0.39, 0.29) is 5.91 Å². The van der Waals surface area contributed by atoms with Crippen molar-refractivity contribution >= 4 is 23.6 Å². The summed E-state index contributed by atoms with van der Waals surface area (Å²) in [7, 11) is 0. The van der Waals surface area contributed by atoms with Crippen molar-refractivity contribution in [2.75, 3.05) is 25.0 Å². The molecule has 3 amide bonds. The SMILES string of the molecule is C=CCN(CC=C)C(=O)c1ccc(NC(=O)NCC(C)(O)C(=O)O)cc1. The molecule has 1 rings (SSSR count). The number of hydrogen-bond donors (Lipinski definition) is 4. The molecule has 0 radical (unpaired) electrons. The second kappa shape index (κ2) is 9.38. The summed E-state index contributed by atoms with van der Waals surface area (Å²) in [5.41, 5.74) is -1.21. The van der Waals surface area contributed by atoms with Crippen LogP contribution in [0.1, 0.15) is 17.3 Å². The summed E-state index contributed by atoms with van der Waals surface area (Å²) in [5.74, 6) is -1.64. The standard InChI is InChI=1S/C18H23N3O5/c1-4-10-21(11-5-2)15(22)13-6-8-14(9-7-13)20-17(25)19-12-18(3,26)16(23)24/h4-9,26H,1-2,10-12H2,3H3,(H,23,24)(H2,19,20,25). The molecule has 1 atom stereocenters. The number of carboxylic acids is 1. The molecule has 140 valence electrons. The highest BCUT2D eigenvalue weighted by Crippen LogP contribution is 2.12. The number of rotatable bonds is 9. The highest BCUT2D eigenvalue weighted by molar-refractivity contribution is 5.95. The molecule has 4 N–H and O–H groups in total. The third-order valence-electron chi connectivity index (χ3n) is 3.43. The Hall–Kier alpha value is -3.13. The summed E-state index contributed by atoms with van der Waals surface area (Å²) in [4.78, 5) is 36.5. The van der Waals surface area contributed by atoms with Crippen molar-refractivity contribution < 1.29 is 24.6 Å². The first-order valence-corrected chi connectivity index (χ1v) is 7.83. The van der Waals surface area contributed by atoms with E-state index in [9.17, 15) is 19.5 Å². The lowest BCUT2D eigenvalue weighted by atomic mass is 10.1. The van der Waals surface area contributed by atoms with E-state index in [1.807, 2.05) is 0 Å². The number of carbonyl (C=O) groups is 3. The first-order valence-electron chi connectivity index (χ1n) is 7.83. The molecule has 0 heterocycles. The summed E-state index contributed by atoms with van der Waals surface area (Å²) >= 11 is 0. The van der Waals surface area contributed by atoms with Gasteiger partial charge in [0, 0.05) is 24.3 Å². The summed E-state index contributed by atoms with van der Waals surface area (Å²) in [6, 6.07) is 5.53. The molecule has 0 spiro atoms. The Bertz CT molecular complexity index is 673. The molecular formula is C18H23N3O5. The maximum absolute atomic E-state index is 12.4. The summed E-state index contributed by atoms with van der Waals surface area (Å²) in [6.45, 7) is 8.62. The van der Waals surface area contributed by atoms with E-state index in [1.165, 1.54) is 0 Å². The number of urea groups is 1. The number of carboxylic acid groups (broad SMARTS) is 1. The summed E-state index contributed by atoms with van der Waals surface area (Å²) in [5, 5.41) is 23.1.